The minimum absolute atomic E-state index is 0.0939. The molecule has 0 aliphatic rings. The summed E-state index contributed by atoms with van der Waals surface area (Å²) in [6.45, 7) is 2.63. The number of ether oxygens (including phenoxy) is 1. The second-order valence-electron chi connectivity index (χ2n) is 5.00. The van der Waals surface area contributed by atoms with Crippen LogP contribution in [0.4, 0.5) is 0 Å². The molecular formula is C17H19N3O2. The van der Waals surface area contributed by atoms with Gasteiger partial charge in [0.25, 0.3) is 5.56 Å². The largest absolute Gasteiger partial charge is 0.497 e. The quantitative estimate of drug-likeness (QED) is 0.822. The first kappa shape index (κ1) is 15.8. The van der Waals surface area contributed by atoms with E-state index in [-0.39, 0.29) is 12.0 Å². The lowest BCUT2D eigenvalue weighted by molar-refractivity contribution is 0.415. The molecule has 22 heavy (non-hydrogen) atoms. The number of rotatable bonds is 6. The van der Waals surface area contributed by atoms with Crippen LogP contribution in [0.25, 0.3) is 11.3 Å². The molecule has 0 radical (unpaired) electrons. The molecule has 1 heterocycles. The molecule has 2 rings (SSSR count). The Balaban J connectivity index is 2.47. The molecule has 0 unspecified atom stereocenters. The van der Waals surface area contributed by atoms with Crippen molar-refractivity contribution >= 4 is 0 Å². The smallest absolute Gasteiger partial charge is 0.271 e. The van der Waals surface area contributed by atoms with Crippen LogP contribution in [-0.2, 0) is 13.0 Å². The Labute approximate surface area is 129 Å². The molecule has 5 heteroatoms. The number of hydrogen-bond acceptors (Lipinski definition) is 4. The third kappa shape index (κ3) is 3.53. The molecule has 1 aromatic carbocycles. The third-order valence-corrected chi connectivity index (χ3v) is 3.43. The Bertz CT molecular complexity index is 727. The Morgan fingerprint density at radius 3 is 2.64 bits per heavy atom. The lowest BCUT2D eigenvalue weighted by Gasteiger charge is -2.09. The average molecular weight is 297 g/mol. The molecule has 1 aromatic heterocycles. The number of unbranched alkanes of at least 4 members (excludes halogenated alkanes) is 1. The molecule has 0 amide bonds. The van der Waals surface area contributed by atoms with E-state index in [1.165, 1.54) is 4.68 Å². The highest BCUT2D eigenvalue weighted by Gasteiger charge is 2.10. The SMILES string of the molecule is CCCCn1nc(-c2ccc(OC)cc2)cc(CC#N)c1=O. The number of aryl methyl sites for hydroxylation is 1. The summed E-state index contributed by atoms with van der Waals surface area (Å²) in [6.07, 6.45) is 1.95. The van der Waals surface area contributed by atoms with Crippen molar-refractivity contribution in [3.05, 3.63) is 46.2 Å². The van der Waals surface area contributed by atoms with E-state index in [0.29, 0.717) is 17.8 Å². The van der Waals surface area contributed by atoms with Crippen LogP contribution in [0.1, 0.15) is 25.3 Å². The van der Waals surface area contributed by atoms with Gasteiger partial charge in [-0.2, -0.15) is 10.4 Å². The zero-order chi connectivity index (χ0) is 15.9. The fourth-order valence-electron chi connectivity index (χ4n) is 2.17. The van der Waals surface area contributed by atoms with Gasteiger partial charge in [0.2, 0.25) is 0 Å². The van der Waals surface area contributed by atoms with Gasteiger partial charge in [-0.1, -0.05) is 13.3 Å². The minimum atomic E-state index is -0.174. The van der Waals surface area contributed by atoms with Gasteiger partial charge in [0, 0.05) is 17.7 Å². The van der Waals surface area contributed by atoms with Crippen LogP contribution in [0.3, 0.4) is 0 Å². The van der Waals surface area contributed by atoms with Crippen molar-refractivity contribution in [1.82, 2.24) is 9.78 Å². The highest BCUT2D eigenvalue weighted by atomic mass is 16.5. The number of hydrogen-bond donors (Lipinski definition) is 0. The summed E-state index contributed by atoms with van der Waals surface area (Å²) in [4.78, 5) is 12.3. The van der Waals surface area contributed by atoms with Crippen molar-refractivity contribution in [3.63, 3.8) is 0 Å². The molecular weight excluding hydrogens is 278 g/mol. The summed E-state index contributed by atoms with van der Waals surface area (Å²) in [5.74, 6) is 0.764. The Kier molecular flexibility index (Phi) is 5.31. The van der Waals surface area contributed by atoms with Crippen LogP contribution in [0, 0.1) is 11.3 Å². The molecule has 0 atom stereocenters. The van der Waals surface area contributed by atoms with E-state index in [1.54, 1.807) is 13.2 Å². The highest BCUT2D eigenvalue weighted by Crippen LogP contribution is 2.20. The van der Waals surface area contributed by atoms with Gasteiger partial charge in [0.15, 0.2) is 0 Å². The van der Waals surface area contributed by atoms with E-state index in [0.717, 1.165) is 24.2 Å². The van der Waals surface area contributed by atoms with Crippen LogP contribution < -0.4 is 10.3 Å². The lowest BCUT2D eigenvalue weighted by Crippen LogP contribution is -2.26. The van der Waals surface area contributed by atoms with E-state index in [1.807, 2.05) is 30.3 Å². The maximum absolute atomic E-state index is 12.3. The summed E-state index contributed by atoms with van der Waals surface area (Å²) >= 11 is 0. The topological polar surface area (TPSA) is 67.9 Å². The molecule has 114 valence electrons. The van der Waals surface area contributed by atoms with Crippen molar-refractivity contribution in [2.24, 2.45) is 0 Å². The number of nitriles is 1. The van der Waals surface area contributed by atoms with Gasteiger partial charge in [-0.3, -0.25) is 4.79 Å². The molecule has 0 saturated carbocycles. The fourth-order valence-corrected chi connectivity index (χ4v) is 2.17. The van der Waals surface area contributed by atoms with Crippen molar-refractivity contribution in [1.29, 1.82) is 5.26 Å². The first-order chi connectivity index (χ1) is 10.7. The molecule has 0 aliphatic carbocycles. The van der Waals surface area contributed by atoms with E-state index >= 15 is 0 Å². The van der Waals surface area contributed by atoms with Crippen LogP contribution in [0.5, 0.6) is 5.75 Å². The van der Waals surface area contributed by atoms with Crippen molar-refractivity contribution in [3.8, 4) is 23.1 Å². The molecule has 2 aromatic rings. The van der Waals surface area contributed by atoms with Crippen LogP contribution in [0.15, 0.2) is 35.1 Å². The number of aromatic nitrogens is 2. The zero-order valence-electron chi connectivity index (χ0n) is 12.9. The zero-order valence-corrected chi connectivity index (χ0v) is 12.9. The Hall–Kier alpha value is -2.61. The molecule has 0 spiro atoms. The van der Waals surface area contributed by atoms with Gasteiger partial charge in [0.05, 0.1) is 25.3 Å². The summed E-state index contributed by atoms with van der Waals surface area (Å²) in [5.41, 5.74) is 1.90. The maximum atomic E-state index is 12.3. The van der Waals surface area contributed by atoms with Crippen LogP contribution in [0.2, 0.25) is 0 Å². The fraction of sp³-hybridized carbons (Fsp3) is 0.353. The van der Waals surface area contributed by atoms with Crippen molar-refractivity contribution < 1.29 is 4.74 Å². The van der Waals surface area contributed by atoms with E-state index in [4.69, 9.17) is 10.00 Å². The predicted molar refractivity (Wildman–Crippen MR) is 84.7 cm³/mol. The summed E-state index contributed by atoms with van der Waals surface area (Å²) in [6, 6.07) is 11.2. The number of methoxy groups -OCH3 is 1. The van der Waals surface area contributed by atoms with Gasteiger partial charge in [0.1, 0.15) is 5.75 Å². The van der Waals surface area contributed by atoms with Gasteiger partial charge in [-0.05, 0) is 36.8 Å². The summed E-state index contributed by atoms with van der Waals surface area (Å²) in [5, 5.41) is 13.3. The normalized spacial score (nSPS) is 10.2. The van der Waals surface area contributed by atoms with Crippen molar-refractivity contribution in [2.45, 2.75) is 32.7 Å². The standard InChI is InChI=1S/C17H19N3O2/c1-3-4-11-20-17(21)14(9-10-18)12-16(19-20)13-5-7-15(22-2)8-6-13/h5-8,12H,3-4,9,11H2,1-2H3. The number of nitrogens with zero attached hydrogens (tertiary/aromatic N) is 3. The molecule has 5 nitrogen and oxygen atoms in total. The summed E-state index contributed by atoms with van der Waals surface area (Å²) < 4.78 is 6.61. The molecule has 0 saturated heterocycles. The highest BCUT2D eigenvalue weighted by molar-refractivity contribution is 5.60. The second-order valence-corrected chi connectivity index (χ2v) is 5.00. The van der Waals surface area contributed by atoms with Crippen molar-refractivity contribution in [2.75, 3.05) is 7.11 Å². The molecule has 0 fully saturated rings. The minimum Gasteiger partial charge on any atom is -0.497 e. The Morgan fingerprint density at radius 2 is 2.05 bits per heavy atom. The Morgan fingerprint density at radius 1 is 1.32 bits per heavy atom. The van der Waals surface area contributed by atoms with E-state index < -0.39 is 0 Å². The van der Waals surface area contributed by atoms with Crippen LogP contribution >= 0.6 is 0 Å². The number of benzene rings is 1. The molecule has 0 bridgehead atoms. The predicted octanol–water partition coefficient (Wildman–Crippen LogP) is 2.79. The first-order valence-corrected chi connectivity index (χ1v) is 7.32. The first-order valence-electron chi connectivity index (χ1n) is 7.32. The lowest BCUT2D eigenvalue weighted by atomic mass is 10.1. The second kappa shape index (κ2) is 7.41. The van der Waals surface area contributed by atoms with Gasteiger partial charge in [-0.25, -0.2) is 4.68 Å². The van der Waals surface area contributed by atoms with Crippen LogP contribution in [-0.4, -0.2) is 16.9 Å². The summed E-state index contributed by atoms with van der Waals surface area (Å²) in [7, 11) is 1.61. The molecule has 0 aliphatic heterocycles. The van der Waals surface area contributed by atoms with Gasteiger partial charge >= 0.3 is 0 Å². The molecule has 0 N–H and O–H groups in total. The van der Waals surface area contributed by atoms with E-state index in [2.05, 4.69) is 12.0 Å². The third-order valence-electron chi connectivity index (χ3n) is 3.43. The monoisotopic (exact) mass is 297 g/mol. The van der Waals surface area contributed by atoms with Gasteiger partial charge in [-0.15, -0.1) is 0 Å². The average Bonchev–Trinajstić information content (AvgIpc) is 2.56. The van der Waals surface area contributed by atoms with E-state index in [9.17, 15) is 4.79 Å². The maximum Gasteiger partial charge on any atom is 0.271 e. The van der Waals surface area contributed by atoms with Gasteiger partial charge < -0.3 is 4.74 Å².